The molecule has 1 aliphatic heterocycles. The Morgan fingerprint density at radius 2 is 2.33 bits per heavy atom. The lowest BCUT2D eigenvalue weighted by atomic mass is 9.90. The molecule has 128 valence electrons. The fraction of sp³-hybridized carbons (Fsp3) is 0.474. The van der Waals surface area contributed by atoms with Crippen molar-refractivity contribution in [2.24, 2.45) is 5.92 Å². The summed E-state index contributed by atoms with van der Waals surface area (Å²) in [5.74, 6) is 1.98. The smallest absolute Gasteiger partial charge is 0.167 e. The zero-order chi connectivity index (χ0) is 16.9. The predicted octanol–water partition coefficient (Wildman–Crippen LogP) is 3.29. The summed E-state index contributed by atoms with van der Waals surface area (Å²) < 4.78 is 5.71. The van der Waals surface area contributed by atoms with Crippen LogP contribution in [0.2, 0.25) is 0 Å². The molecule has 5 heteroatoms. The standard InChI is InChI=1S/C19H25N3O2/c1-14(2)24-17-7-3-5-15(11-17)19(23)16-6-4-10-22(12-16)13-18-20-8-9-21-18/h3,5,7-9,11,14,16H,4,6,10,12-13H2,1-2H3,(H,20,21)/t16-/m0/s1. The van der Waals surface area contributed by atoms with Crippen LogP contribution < -0.4 is 4.74 Å². The number of nitrogens with one attached hydrogen (secondary N) is 1. The van der Waals surface area contributed by atoms with Crippen molar-refractivity contribution < 1.29 is 9.53 Å². The minimum absolute atomic E-state index is 0.0445. The SMILES string of the molecule is CC(C)Oc1cccc(C(=O)[C@H]2CCCN(Cc3ncc[nH]3)C2)c1. The lowest BCUT2D eigenvalue weighted by Gasteiger charge is -2.31. The number of hydrogen-bond acceptors (Lipinski definition) is 4. The summed E-state index contributed by atoms with van der Waals surface area (Å²) in [7, 11) is 0. The number of nitrogens with zero attached hydrogens (tertiary/aromatic N) is 2. The van der Waals surface area contributed by atoms with Crippen molar-refractivity contribution in [1.82, 2.24) is 14.9 Å². The molecule has 0 saturated carbocycles. The molecule has 3 rings (SSSR count). The molecular weight excluding hydrogens is 302 g/mol. The molecular formula is C19H25N3O2. The van der Waals surface area contributed by atoms with Gasteiger partial charge in [0, 0.05) is 30.4 Å². The van der Waals surface area contributed by atoms with Gasteiger partial charge in [-0.2, -0.15) is 0 Å². The van der Waals surface area contributed by atoms with Gasteiger partial charge in [-0.25, -0.2) is 4.98 Å². The molecule has 5 nitrogen and oxygen atoms in total. The Labute approximate surface area is 143 Å². The summed E-state index contributed by atoms with van der Waals surface area (Å²) in [5.41, 5.74) is 0.748. The maximum absolute atomic E-state index is 12.9. The van der Waals surface area contributed by atoms with E-state index in [2.05, 4.69) is 14.9 Å². The molecule has 1 aliphatic rings. The fourth-order valence-corrected chi connectivity index (χ4v) is 3.24. The van der Waals surface area contributed by atoms with Crippen LogP contribution in [0.15, 0.2) is 36.7 Å². The molecule has 1 aromatic heterocycles. The van der Waals surface area contributed by atoms with Gasteiger partial charge in [-0.05, 0) is 45.4 Å². The van der Waals surface area contributed by atoms with Crippen molar-refractivity contribution in [1.29, 1.82) is 0 Å². The van der Waals surface area contributed by atoms with Gasteiger partial charge in [0.2, 0.25) is 0 Å². The molecule has 0 bridgehead atoms. The maximum Gasteiger partial charge on any atom is 0.167 e. The molecule has 0 aliphatic carbocycles. The second-order valence-corrected chi connectivity index (χ2v) is 6.67. The molecule has 2 aromatic rings. The molecule has 1 N–H and O–H groups in total. The Kier molecular flexibility index (Phi) is 5.30. The first-order chi connectivity index (χ1) is 11.6. The maximum atomic E-state index is 12.9. The number of carbonyl (C=O) groups is 1. The van der Waals surface area contributed by atoms with Crippen LogP contribution in [0.1, 0.15) is 42.9 Å². The molecule has 1 atom stereocenters. The lowest BCUT2D eigenvalue weighted by Crippen LogP contribution is -2.38. The van der Waals surface area contributed by atoms with Gasteiger partial charge in [0.1, 0.15) is 11.6 Å². The van der Waals surface area contributed by atoms with Gasteiger partial charge >= 0.3 is 0 Å². The van der Waals surface area contributed by atoms with Gasteiger partial charge in [-0.15, -0.1) is 0 Å². The van der Waals surface area contributed by atoms with E-state index in [1.807, 2.05) is 44.3 Å². The highest BCUT2D eigenvalue weighted by Gasteiger charge is 2.27. The molecule has 1 fully saturated rings. The highest BCUT2D eigenvalue weighted by molar-refractivity contribution is 5.98. The molecule has 0 unspecified atom stereocenters. The number of likely N-dealkylation sites (tertiary alicyclic amines) is 1. The molecule has 2 heterocycles. The molecule has 24 heavy (non-hydrogen) atoms. The van der Waals surface area contributed by atoms with E-state index in [4.69, 9.17) is 4.74 Å². The highest BCUT2D eigenvalue weighted by Crippen LogP contribution is 2.24. The molecule has 0 spiro atoms. The van der Waals surface area contributed by atoms with Crippen LogP contribution >= 0.6 is 0 Å². The largest absolute Gasteiger partial charge is 0.491 e. The van der Waals surface area contributed by atoms with E-state index in [0.717, 1.165) is 49.6 Å². The number of benzene rings is 1. The molecule has 0 radical (unpaired) electrons. The number of aromatic amines is 1. The monoisotopic (exact) mass is 327 g/mol. The summed E-state index contributed by atoms with van der Waals surface area (Å²) in [6.07, 6.45) is 5.70. The Balaban J connectivity index is 1.65. The number of aromatic nitrogens is 2. The lowest BCUT2D eigenvalue weighted by molar-refractivity contribution is 0.0808. The number of ether oxygens (including phenoxy) is 1. The van der Waals surface area contributed by atoms with Crippen LogP contribution in [0.5, 0.6) is 5.75 Å². The van der Waals surface area contributed by atoms with Crippen molar-refractivity contribution in [2.75, 3.05) is 13.1 Å². The van der Waals surface area contributed by atoms with Crippen LogP contribution in [0, 0.1) is 5.92 Å². The van der Waals surface area contributed by atoms with E-state index in [0.29, 0.717) is 0 Å². The number of ketones is 1. The zero-order valence-electron chi connectivity index (χ0n) is 14.4. The number of carbonyl (C=O) groups excluding carboxylic acids is 1. The van der Waals surface area contributed by atoms with E-state index >= 15 is 0 Å². The summed E-state index contributed by atoms with van der Waals surface area (Å²) in [5, 5.41) is 0. The third-order valence-corrected chi connectivity index (χ3v) is 4.29. The van der Waals surface area contributed by atoms with E-state index in [1.165, 1.54) is 0 Å². The first kappa shape index (κ1) is 16.7. The highest BCUT2D eigenvalue weighted by atomic mass is 16.5. The van der Waals surface area contributed by atoms with Gasteiger partial charge in [0.05, 0.1) is 12.6 Å². The van der Waals surface area contributed by atoms with Crippen molar-refractivity contribution in [3.8, 4) is 5.75 Å². The number of hydrogen-bond donors (Lipinski definition) is 1. The van der Waals surface area contributed by atoms with Gasteiger partial charge in [0.25, 0.3) is 0 Å². The Hall–Kier alpha value is -2.14. The van der Waals surface area contributed by atoms with Crippen molar-refractivity contribution in [3.63, 3.8) is 0 Å². The third-order valence-electron chi connectivity index (χ3n) is 4.29. The first-order valence-corrected chi connectivity index (χ1v) is 8.63. The molecule has 1 saturated heterocycles. The predicted molar refractivity (Wildman–Crippen MR) is 93.1 cm³/mol. The van der Waals surface area contributed by atoms with Gasteiger partial charge in [-0.1, -0.05) is 12.1 Å². The van der Waals surface area contributed by atoms with Crippen molar-refractivity contribution >= 4 is 5.78 Å². The van der Waals surface area contributed by atoms with E-state index < -0.39 is 0 Å². The van der Waals surface area contributed by atoms with Crippen molar-refractivity contribution in [3.05, 3.63) is 48.0 Å². The second-order valence-electron chi connectivity index (χ2n) is 6.67. The normalized spacial score (nSPS) is 18.7. The Morgan fingerprint density at radius 3 is 3.08 bits per heavy atom. The Morgan fingerprint density at radius 1 is 1.46 bits per heavy atom. The average Bonchev–Trinajstić information content (AvgIpc) is 3.07. The number of H-pyrrole nitrogens is 1. The second kappa shape index (κ2) is 7.62. The van der Waals surface area contributed by atoms with Crippen LogP contribution in [0.25, 0.3) is 0 Å². The van der Waals surface area contributed by atoms with Crippen molar-refractivity contribution in [2.45, 2.75) is 39.3 Å². The zero-order valence-corrected chi connectivity index (χ0v) is 14.4. The Bertz CT molecular complexity index is 667. The minimum Gasteiger partial charge on any atom is -0.491 e. The van der Waals surface area contributed by atoms with E-state index in [1.54, 1.807) is 6.20 Å². The summed E-state index contributed by atoms with van der Waals surface area (Å²) in [4.78, 5) is 22.6. The third kappa shape index (κ3) is 4.23. The minimum atomic E-state index is 0.0445. The van der Waals surface area contributed by atoms with Crippen LogP contribution in [0.3, 0.4) is 0 Å². The number of Topliss-reactive ketones (excluding diaryl/α,β-unsaturated/α-hetero) is 1. The molecule has 1 aromatic carbocycles. The summed E-state index contributed by atoms with van der Waals surface area (Å²) in [6, 6.07) is 7.56. The van der Waals surface area contributed by atoms with E-state index in [9.17, 15) is 4.79 Å². The van der Waals surface area contributed by atoms with Gasteiger partial charge in [-0.3, -0.25) is 9.69 Å². The van der Waals surface area contributed by atoms with Crippen LogP contribution in [-0.2, 0) is 6.54 Å². The quantitative estimate of drug-likeness (QED) is 0.827. The number of rotatable bonds is 6. The topological polar surface area (TPSA) is 58.2 Å². The molecule has 0 amide bonds. The average molecular weight is 327 g/mol. The summed E-state index contributed by atoms with van der Waals surface area (Å²) >= 11 is 0. The van der Waals surface area contributed by atoms with Crippen LogP contribution in [0.4, 0.5) is 0 Å². The summed E-state index contributed by atoms with van der Waals surface area (Å²) in [6.45, 7) is 6.55. The van der Waals surface area contributed by atoms with Gasteiger partial charge < -0.3 is 9.72 Å². The number of imidazole rings is 1. The first-order valence-electron chi connectivity index (χ1n) is 8.63. The number of piperidine rings is 1. The van der Waals surface area contributed by atoms with E-state index in [-0.39, 0.29) is 17.8 Å². The van der Waals surface area contributed by atoms with Crippen LogP contribution in [-0.4, -0.2) is 39.8 Å². The fourth-order valence-electron chi connectivity index (χ4n) is 3.24. The van der Waals surface area contributed by atoms with Gasteiger partial charge in [0.15, 0.2) is 5.78 Å².